The molecule has 0 amide bonds. The van der Waals surface area contributed by atoms with Gasteiger partial charge in [0.05, 0.1) is 11.4 Å². The number of aryl methyl sites for hydroxylation is 1. The molecule has 0 radical (unpaired) electrons. The lowest BCUT2D eigenvalue weighted by Crippen LogP contribution is -2.43. The van der Waals surface area contributed by atoms with Gasteiger partial charge in [-0.15, -0.1) is 10.2 Å². The van der Waals surface area contributed by atoms with E-state index in [1.54, 1.807) is 16.8 Å². The van der Waals surface area contributed by atoms with E-state index in [4.69, 9.17) is 0 Å². The van der Waals surface area contributed by atoms with Crippen LogP contribution in [0, 0.1) is 12.7 Å². The van der Waals surface area contributed by atoms with E-state index in [9.17, 15) is 4.39 Å². The predicted octanol–water partition coefficient (Wildman–Crippen LogP) is 1.98. The molecule has 0 unspecified atom stereocenters. The Kier molecular flexibility index (Phi) is 3.68. The normalized spacial score (nSPS) is 15.0. The van der Waals surface area contributed by atoms with Gasteiger partial charge in [-0.05, 0) is 13.0 Å². The zero-order chi connectivity index (χ0) is 18.4. The van der Waals surface area contributed by atoms with E-state index in [-0.39, 0.29) is 5.82 Å². The van der Waals surface area contributed by atoms with Gasteiger partial charge in [-0.2, -0.15) is 0 Å². The minimum absolute atomic E-state index is 0.310. The predicted molar refractivity (Wildman–Crippen MR) is 101 cm³/mol. The summed E-state index contributed by atoms with van der Waals surface area (Å²) in [6, 6.07) is 5.49. The van der Waals surface area contributed by atoms with Crippen LogP contribution in [-0.2, 0) is 0 Å². The van der Waals surface area contributed by atoms with Crippen LogP contribution in [0.15, 0.2) is 36.8 Å². The lowest BCUT2D eigenvalue weighted by Gasteiger charge is -2.29. The molecular formula is C18H19FN8. The van der Waals surface area contributed by atoms with Gasteiger partial charge in [-0.1, -0.05) is 0 Å². The molecule has 5 rings (SSSR count). The van der Waals surface area contributed by atoms with E-state index in [1.807, 2.05) is 23.6 Å². The second kappa shape index (κ2) is 6.20. The first kappa shape index (κ1) is 16.0. The SMILES string of the molecule is Cc1cn2cc(Nc3nnc4cc(N5CCNCC5)ccn34)cc(F)c2n1. The molecule has 4 aromatic heterocycles. The molecule has 138 valence electrons. The lowest BCUT2D eigenvalue weighted by molar-refractivity contribution is 0.589. The van der Waals surface area contributed by atoms with Gasteiger partial charge >= 0.3 is 0 Å². The first-order valence-corrected chi connectivity index (χ1v) is 8.90. The van der Waals surface area contributed by atoms with Gasteiger partial charge in [0.15, 0.2) is 17.1 Å². The third-order valence-electron chi connectivity index (χ3n) is 4.76. The number of nitrogens with one attached hydrogen (secondary N) is 2. The number of imidazole rings is 1. The Balaban J connectivity index is 1.46. The molecule has 0 saturated carbocycles. The third-order valence-corrected chi connectivity index (χ3v) is 4.76. The fraction of sp³-hybridized carbons (Fsp3) is 0.278. The Labute approximate surface area is 154 Å². The number of nitrogens with zero attached hydrogens (tertiary/aromatic N) is 6. The van der Waals surface area contributed by atoms with Crippen LogP contribution in [0.3, 0.4) is 0 Å². The third kappa shape index (κ3) is 2.85. The van der Waals surface area contributed by atoms with Crippen LogP contribution in [0.4, 0.5) is 21.7 Å². The number of halogens is 1. The van der Waals surface area contributed by atoms with Gasteiger partial charge in [0.1, 0.15) is 0 Å². The average Bonchev–Trinajstić information content (AvgIpc) is 3.25. The van der Waals surface area contributed by atoms with Gasteiger partial charge in [-0.3, -0.25) is 4.40 Å². The highest BCUT2D eigenvalue weighted by atomic mass is 19.1. The van der Waals surface area contributed by atoms with Crippen LogP contribution in [-0.4, -0.2) is 50.2 Å². The molecular weight excluding hydrogens is 347 g/mol. The second-order valence-electron chi connectivity index (χ2n) is 6.69. The Morgan fingerprint density at radius 1 is 1.15 bits per heavy atom. The molecule has 1 aliphatic heterocycles. The van der Waals surface area contributed by atoms with Crippen molar-refractivity contribution in [2.24, 2.45) is 0 Å². The molecule has 1 fully saturated rings. The van der Waals surface area contributed by atoms with Crippen molar-refractivity contribution < 1.29 is 4.39 Å². The maximum absolute atomic E-state index is 14.3. The summed E-state index contributed by atoms with van der Waals surface area (Å²) in [7, 11) is 0. The Morgan fingerprint density at radius 3 is 2.85 bits per heavy atom. The quantitative estimate of drug-likeness (QED) is 0.578. The summed E-state index contributed by atoms with van der Waals surface area (Å²) in [5, 5.41) is 15.0. The lowest BCUT2D eigenvalue weighted by atomic mass is 10.3. The van der Waals surface area contributed by atoms with Crippen molar-refractivity contribution in [1.82, 2.24) is 29.3 Å². The standard InChI is InChI=1S/C18H19FN8/c1-12-10-26-11-13(8-15(19)17(26)21-12)22-18-24-23-16-9-14(2-5-27(16)18)25-6-3-20-4-7-25/h2,5,8-11,20H,3-4,6-7H2,1H3,(H,22,24). The van der Waals surface area contributed by atoms with E-state index in [1.165, 1.54) is 6.07 Å². The molecule has 9 heteroatoms. The van der Waals surface area contributed by atoms with E-state index in [2.05, 4.69) is 36.8 Å². The number of pyridine rings is 2. The molecule has 4 aromatic rings. The molecule has 0 bridgehead atoms. The summed E-state index contributed by atoms with van der Waals surface area (Å²) < 4.78 is 17.8. The minimum atomic E-state index is -0.386. The number of fused-ring (bicyclic) bond motifs is 2. The smallest absolute Gasteiger partial charge is 0.233 e. The number of piperazine rings is 1. The highest BCUT2D eigenvalue weighted by Gasteiger charge is 2.14. The van der Waals surface area contributed by atoms with Gasteiger partial charge in [-0.25, -0.2) is 9.37 Å². The van der Waals surface area contributed by atoms with Gasteiger partial charge in [0.25, 0.3) is 0 Å². The van der Waals surface area contributed by atoms with Crippen molar-refractivity contribution in [2.45, 2.75) is 6.92 Å². The summed E-state index contributed by atoms with van der Waals surface area (Å²) in [6.07, 6.45) is 5.51. The number of hydrogen-bond acceptors (Lipinski definition) is 6. The molecule has 0 aliphatic carbocycles. The summed E-state index contributed by atoms with van der Waals surface area (Å²) in [5.41, 5.74) is 3.53. The molecule has 2 N–H and O–H groups in total. The Hall–Kier alpha value is -3.20. The van der Waals surface area contributed by atoms with E-state index in [0.717, 1.165) is 43.2 Å². The van der Waals surface area contributed by atoms with Crippen LogP contribution in [0.25, 0.3) is 11.3 Å². The molecule has 0 atom stereocenters. The molecule has 1 aliphatic rings. The van der Waals surface area contributed by atoms with Crippen molar-refractivity contribution in [3.8, 4) is 0 Å². The summed E-state index contributed by atoms with van der Waals surface area (Å²) in [6.45, 7) is 5.73. The maximum Gasteiger partial charge on any atom is 0.233 e. The van der Waals surface area contributed by atoms with E-state index >= 15 is 0 Å². The van der Waals surface area contributed by atoms with E-state index < -0.39 is 0 Å². The number of aromatic nitrogens is 5. The Morgan fingerprint density at radius 2 is 2.00 bits per heavy atom. The molecule has 27 heavy (non-hydrogen) atoms. The number of anilines is 3. The fourth-order valence-corrected chi connectivity index (χ4v) is 3.46. The first-order valence-electron chi connectivity index (χ1n) is 8.90. The topological polar surface area (TPSA) is 74.8 Å². The van der Waals surface area contributed by atoms with Crippen LogP contribution < -0.4 is 15.5 Å². The minimum Gasteiger partial charge on any atom is -0.369 e. The van der Waals surface area contributed by atoms with Crippen LogP contribution in [0.5, 0.6) is 0 Å². The summed E-state index contributed by atoms with van der Waals surface area (Å²) >= 11 is 0. The number of hydrogen-bond donors (Lipinski definition) is 2. The zero-order valence-corrected chi connectivity index (χ0v) is 14.9. The Bertz CT molecular complexity index is 1130. The fourth-order valence-electron chi connectivity index (χ4n) is 3.46. The second-order valence-corrected chi connectivity index (χ2v) is 6.69. The van der Waals surface area contributed by atoms with Crippen LogP contribution >= 0.6 is 0 Å². The molecule has 5 heterocycles. The highest BCUT2D eigenvalue weighted by molar-refractivity contribution is 5.62. The summed E-state index contributed by atoms with van der Waals surface area (Å²) in [4.78, 5) is 6.50. The summed E-state index contributed by atoms with van der Waals surface area (Å²) in [5.74, 6) is 0.148. The van der Waals surface area contributed by atoms with Crippen molar-refractivity contribution in [2.75, 3.05) is 36.4 Å². The average molecular weight is 366 g/mol. The molecule has 8 nitrogen and oxygen atoms in total. The van der Waals surface area contributed by atoms with Crippen molar-refractivity contribution >= 4 is 28.6 Å². The molecule has 1 saturated heterocycles. The van der Waals surface area contributed by atoms with Gasteiger partial charge in [0.2, 0.25) is 5.95 Å². The zero-order valence-electron chi connectivity index (χ0n) is 14.9. The van der Waals surface area contributed by atoms with Gasteiger partial charge in [0, 0.05) is 62.6 Å². The largest absolute Gasteiger partial charge is 0.369 e. The van der Waals surface area contributed by atoms with Crippen LogP contribution in [0.1, 0.15) is 5.69 Å². The molecule has 0 spiro atoms. The maximum atomic E-state index is 14.3. The molecule has 0 aromatic carbocycles. The first-order chi connectivity index (χ1) is 13.2. The number of rotatable bonds is 3. The van der Waals surface area contributed by atoms with Crippen molar-refractivity contribution in [3.63, 3.8) is 0 Å². The van der Waals surface area contributed by atoms with Crippen molar-refractivity contribution in [1.29, 1.82) is 0 Å². The van der Waals surface area contributed by atoms with Gasteiger partial charge < -0.3 is 19.9 Å². The highest BCUT2D eigenvalue weighted by Crippen LogP contribution is 2.22. The van der Waals surface area contributed by atoms with Crippen LogP contribution in [0.2, 0.25) is 0 Å². The van der Waals surface area contributed by atoms with E-state index in [0.29, 0.717) is 17.3 Å². The van der Waals surface area contributed by atoms with Crippen molar-refractivity contribution in [3.05, 3.63) is 48.3 Å². The monoisotopic (exact) mass is 366 g/mol.